The highest BCUT2D eigenvalue weighted by atomic mass is 32.2. The van der Waals surface area contributed by atoms with Gasteiger partial charge in [-0.05, 0) is 92.8 Å². The van der Waals surface area contributed by atoms with Crippen LogP contribution >= 0.6 is 0 Å². The van der Waals surface area contributed by atoms with E-state index in [0.29, 0.717) is 33.8 Å². The predicted octanol–water partition coefficient (Wildman–Crippen LogP) is 6.08. The second-order valence-electron chi connectivity index (χ2n) is 12.3. The molecule has 0 atom stereocenters. The smallest absolute Gasteiger partial charge is 0.248 e. The maximum absolute atomic E-state index is 13.9. The number of rotatable bonds is 7. The summed E-state index contributed by atoms with van der Waals surface area (Å²) in [5.74, 6) is -0.674. The summed E-state index contributed by atoms with van der Waals surface area (Å²) in [7, 11) is -1.68. The predicted molar refractivity (Wildman–Crippen MR) is 182 cm³/mol. The van der Waals surface area contributed by atoms with E-state index in [1.807, 2.05) is 56.4 Å². The van der Waals surface area contributed by atoms with Crippen LogP contribution in [-0.4, -0.2) is 58.1 Å². The molecule has 1 fully saturated rings. The molecule has 0 unspecified atom stereocenters. The molecule has 3 aromatic heterocycles. The van der Waals surface area contributed by atoms with Crippen molar-refractivity contribution in [1.29, 1.82) is 0 Å². The van der Waals surface area contributed by atoms with Gasteiger partial charge in [0.05, 0.1) is 23.5 Å². The summed E-state index contributed by atoms with van der Waals surface area (Å²) in [5.41, 5.74) is 13.2. The summed E-state index contributed by atoms with van der Waals surface area (Å²) >= 11 is 0. The summed E-state index contributed by atoms with van der Waals surface area (Å²) in [4.78, 5) is 19.2. The number of carbonyl (C=O) groups is 1. The number of fused-ring (bicyclic) bond motifs is 2. The van der Waals surface area contributed by atoms with E-state index >= 15 is 0 Å². The Morgan fingerprint density at radius 3 is 2.39 bits per heavy atom. The van der Waals surface area contributed by atoms with E-state index in [1.165, 1.54) is 3.97 Å². The number of hydrogen-bond acceptors (Lipinski definition) is 6. The number of aromatic nitrogens is 4. The Bertz CT molecular complexity index is 2230. The van der Waals surface area contributed by atoms with E-state index in [2.05, 4.69) is 28.8 Å². The maximum atomic E-state index is 13.9. The van der Waals surface area contributed by atoms with Gasteiger partial charge in [0.1, 0.15) is 0 Å². The van der Waals surface area contributed by atoms with Gasteiger partial charge in [-0.2, -0.15) is 5.10 Å². The van der Waals surface area contributed by atoms with Crippen LogP contribution in [-0.2, 0) is 15.8 Å². The fourth-order valence-corrected chi connectivity index (χ4v) is 8.17. The van der Waals surface area contributed by atoms with Crippen molar-refractivity contribution in [3.05, 3.63) is 108 Å². The van der Waals surface area contributed by atoms with Crippen molar-refractivity contribution in [2.75, 3.05) is 20.1 Å². The number of likely N-dealkylation sites (tertiary alicyclic amines) is 1. The molecule has 46 heavy (non-hydrogen) atoms. The van der Waals surface area contributed by atoms with Crippen LogP contribution in [0.4, 0.5) is 0 Å². The molecule has 1 aliphatic rings. The maximum Gasteiger partial charge on any atom is 0.248 e. The van der Waals surface area contributed by atoms with Crippen LogP contribution in [0.3, 0.4) is 0 Å². The van der Waals surface area contributed by atoms with Crippen molar-refractivity contribution in [2.45, 2.75) is 38.5 Å². The van der Waals surface area contributed by atoms with Crippen LogP contribution in [0.15, 0.2) is 85.3 Å². The molecule has 0 spiro atoms. The summed E-state index contributed by atoms with van der Waals surface area (Å²) in [5, 5.41) is 6.56. The first-order chi connectivity index (χ1) is 22.1. The zero-order valence-corrected chi connectivity index (χ0v) is 27.0. The quantitative estimate of drug-likeness (QED) is 0.228. The number of hydrogen-bond donors (Lipinski definition) is 1. The standard InChI is InChI=1S/C36H36N6O3S/c1-23-24(2)29(35(37)43)13-12-28(23)33-21-41(46(44,45)22-25-8-5-4-6-9-25)36-31(33)18-26(19-38-36)30-10-7-11-34-32(30)20-39-42(34)27-14-16-40(3)17-15-27/h4-13,18-21,27H,14-17,22H2,1-3H3,(H2,37,43). The number of primary amides is 1. The van der Waals surface area contributed by atoms with E-state index in [-0.39, 0.29) is 5.75 Å². The van der Waals surface area contributed by atoms with Gasteiger partial charge in [-0.15, -0.1) is 0 Å². The summed E-state index contributed by atoms with van der Waals surface area (Å²) < 4.78 is 31.3. The number of carbonyl (C=O) groups excluding carboxylic acids is 1. The summed E-state index contributed by atoms with van der Waals surface area (Å²) in [6.45, 7) is 5.86. The largest absolute Gasteiger partial charge is 0.366 e. The molecule has 6 aromatic rings. The highest BCUT2D eigenvalue weighted by molar-refractivity contribution is 7.89. The second-order valence-corrected chi connectivity index (χ2v) is 14.2. The Hall–Kier alpha value is -4.80. The molecule has 0 aliphatic carbocycles. The molecule has 4 heterocycles. The molecule has 234 valence electrons. The Balaban J connectivity index is 1.40. The molecule has 0 radical (unpaired) electrons. The van der Waals surface area contributed by atoms with E-state index in [4.69, 9.17) is 15.8 Å². The zero-order valence-electron chi connectivity index (χ0n) is 26.1. The number of nitrogens with zero attached hydrogens (tertiary/aromatic N) is 5. The van der Waals surface area contributed by atoms with Gasteiger partial charge in [-0.1, -0.05) is 48.5 Å². The average molecular weight is 633 g/mol. The minimum atomic E-state index is -3.83. The van der Waals surface area contributed by atoms with Gasteiger partial charge in [0.25, 0.3) is 0 Å². The number of pyridine rings is 1. The van der Waals surface area contributed by atoms with Gasteiger partial charge in [-0.3, -0.25) is 9.48 Å². The Kier molecular flexibility index (Phi) is 7.49. The number of piperidine rings is 1. The zero-order chi connectivity index (χ0) is 32.2. The Morgan fingerprint density at radius 1 is 0.891 bits per heavy atom. The Labute approximate surface area is 268 Å². The topological polar surface area (TPSA) is 116 Å². The first-order valence-electron chi connectivity index (χ1n) is 15.5. The van der Waals surface area contributed by atoms with Crippen molar-refractivity contribution < 1.29 is 13.2 Å². The molecule has 1 saturated heterocycles. The van der Waals surface area contributed by atoms with Gasteiger partial charge < -0.3 is 10.6 Å². The third-order valence-corrected chi connectivity index (χ3v) is 11.0. The normalized spacial score (nSPS) is 14.8. The minimum absolute atomic E-state index is 0.172. The van der Waals surface area contributed by atoms with Gasteiger partial charge in [0.2, 0.25) is 15.9 Å². The van der Waals surface area contributed by atoms with Crippen molar-refractivity contribution >= 4 is 37.9 Å². The first kappa shape index (κ1) is 29.9. The molecule has 3 aromatic carbocycles. The van der Waals surface area contributed by atoms with Crippen LogP contribution in [0, 0.1) is 13.8 Å². The Morgan fingerprint density at radius 2 is 1.65 bits per heavy atom. The van der Waals surface area contributed by atoms with Crippen LogP contribution in [0.25, 0.3) is 44.2 Å². The highest BCUT2D eigenvalue weighted by Crippen LogP contribution is 2.38. The minimum Gasteiger partial charge on any atom is -0.366 e. The lowest BCUT2D eigenvalue weighted by atomic mass is 9.93. The third-order valence-electron chi connectivity index (χ3n) is 9.43. The average Bonchev–Trinajstić information content (AvgIpc) is 3.65. The number of amides is 1. The van der Waals surface area contributed by atoms with Crippen LogP contribution in [0.2, 0.25) is 0 Å². The molecule has 1 amide bonds. The lowest BCUT2D eigenvalue weighted by molar-refractivity contribution is 0.0999. The number of benzene rings is 3. The van der Waals surface area contributed by atoms with Gasteiger partial charge in [0, 0.05) is 39.9 Å². The molecule has 7 rings (SSSR count). The van der Waals surface area contributed by atoms with Crippen molar-refractivity contribution in [3.8, 4) is 22.3 Å². The fourth-order valence-electron chi connectivity index (χ4n) is 6.74. The molecule has 0 bridgehead atoms. The van der Waals surface area contributed by atoms with Gasteiger partial charge >= 0.3 is 0 Å². The van der Waals surface area contributed by atoms with E-state index in [1.54, 1.807) is 30.6 Å². The molecule has 10 heteroatoms. The van der Waals surface area contributed by atoms with Crippen LogP contribution < -0.4 is 5.73 Å². The summed E-state index contributed by atoms with van der Waals surface area (Å²) in [6, 6.07) is 21.2. The van der Waals surface area contributed by atoms with Gasteiger partial charge in [0.15, 0.2) is 5.65 Å². The molecule has 0 saturated carbocycles. The number of nitrogens with two attached hydrogens (primary N) is 1. The SMILES string of the molecule is Cc1c(C(N)=O)ccc(-c2cn(S(=O)(=O)Cc3ccccc3)c3ncc(-c4cccc5c4cnn5C4CCN(C)CC4)cc23)c1C. The monoisotopic (exact) mass is 632 g/mol. The van der Waals surface area contributed by atoms with Gasteiger partial charge in [-0.25, -0.2) is 17.4 Å². The van der Waals surface area contributed by atoms with Crippen LogP contribution in [0.5, 0.6) is 0 Å². The third kappa shape index (κ3) is 5.17. The fraction of sp³-hybridized carbons (Fsp3) is 0.250. The first-order valence-corrected chi connectivity index (χ1v) is 17.1. The van der Waals surface area contributed by atoms with Crippen molar-refractivity contribution in [1.82, 2.24) is 23.6 Å². The van der Waals surface area contributed by atoms with E-state index < -0.39 is 15.9 Å². The van der Waals surface area contributed by atoms with Crippen LogP contribution in [0.1, 0.15) is 45.9 Å². The lowest BCUT2D eigenvalue weighted by Crippen LogP contribution is -2.31. The van der Waals surface area contributed by atoms with E-state index in [9.17, 15) is 13.2 Å². The molecular weight excluding hydrogens is 597 g/mol. The second kappa shape index (κ2) is 11.5. The highest BCUT2D eigenvalue weighted by Gasteiger charge is 2.25. The van der Waals surface area contributed by atoms with Crippen molar-refractivity contribution in [2.24, 2.45) is 5.73 Å². The van der Waals surface area contributed by atoms with Crippen molar-refractivity contribution in [3.63, 3.8) is 0 Å². The molecular formula is C36H36N6O3S. The lowest BCUT2D eigenvalue weighted by Gasteiger charge is -2.29. The van der Waals surface area contributed by atoms with E-state index in [0.717, 1.165) is 64.7 Å². The molecule has 1 aliphatic heterocycles. The molecule has 9 nitrogen and oxygen atoms in total. The molecule has 2 N–H and O–H groups in total. The summed E-state index contributed by atoms with van der Waals surface area (Å²) in [6.07, 6.45) is 7.43.